The van der Waals surface area contributed by atoms with Crippen LogP contribution in [0.4, 0.5) is 5.69 Å². The Kier molecular flexibility index (Phi) is 3.81. The number of carbonyl (C=O) groups excluding carboxylic acids is 2. The minimum atomic E-state index is -0.366. The summed E-state index contributed by atoms with van der Waals surface area (Å²) in [6, 6.07) is 9.76. The second kappa shape index (κ2) is 6.16. The quantitative estimate of drug-likeness (QED) is 0.759. The standard InChI is InChI=1S/C26H29NO3/c1-24-12-11-18-15-17-7-8-20(28)16-25(17)13-14-26(18,30-25)22(24)10-9-21(24)23(29)27-19-5-3-2-4-6-19/h2-6,11,15,21-22H,7-10,12-14,16H2,1H3,(H,27,29)/t21?,22-,24-,25?,26-/m1/s1. The van der Waals surface area contributed by atoms with Gasteiger partial charge in [-0.15, -0.1) is 0 Å². The maximum atomic E-state index is 13.3. The van der Waals surface area contributed by atoms with Crippen LogP contribution in [0.5, 0.6) is 0 Å². The molecule has 6 rings (SSSR count). The van der Waals surface area contributed by atoms with E-state index in [1.165, 1.54) is 11.1 Å². The van der Waals surface area contributed by atoms with E-state index in [1.54, 1.807) is 0 Å². The Bertz CT molecular complexity index is 995. The number of hydrogen-bond donors (Lipinski definition) is 1. The van der Waals surface area contributed by atoms with E-state index >= 15 is 0 Å². The lowest BCUT2D eigenvalue weighted by Gasteiger charge is -2.53. The summed E-state index contributed by atoms with van der Waals surface area (Å²) in [4.78, 5) is 25.6. The molecule has 2 spiro atoms. The molecule has 2 heterocycles. The van der Waals surface area contributed by atoms with Gasteiger partial charge in [-0.3, -0.25) is 9.59 Å². The lowest BCUT2D eigenvalue weighted by atomic mass is 9.58. The molecule has 0 aromatic heterocycles. The number of para-hydroxylation sites is 1. The van der Waals surface area contributed by atoms with Gasteiger partial charge in [-0.05, 0) is 73.1 Å². The third kappa shape index (κ3) is 2.37. The second-order valence-electron chi connectivity index (χ2n) is 10.3. The maximum Gasteiger partial charge on any atom is 0.228 e. The first-order valence-corrected chi connectivity index (χ1v) is 11.4. The normalized spacial score (nSPS) is 41.3. The molecule has 2 aliphatic heterocycles. The molecule has 1 N–H and O–H groups in total. The summed E-state index contributed by atoms with van der Waals surface area (Å²) in [6.45, 7) is 2.29. The Balaban J connectivity index is 1.34. The van der Waals surface area contributed by atoms with Gasteiger partial charge in [-0.1, -0.05) is 37.3 Å². The zero-order valence-corrected chi connectivity index (χ0v) is 17.6. The smallest absolute Gasteiger partial charge is 0.228 e. The van der Waals surface area contributed by atoms with E-state index in [1.807, 2.05) is 30.3 Å². The average Bonchev–Trinajstić information content (AvgIpc) is 3.24. The lowest BCUT2D eigenvalue weighted by Crippen LogP contribution is -2.54. The predicted octanol–water partition coefficient (Wildman–Crippen LogP) is 4.97. The van der Waals surface area contributed by atoms with Gasteiger partial charge in [0.2, 0.25) is 5.91 Å². The van der Waals surface area contributed by atoms with Crippen LogP contribution in [0.25, 0.3) is 0 Å². The van der Waals surface area contributed by atoms with E-state index in [-0.39, 0.29) is 28.4 Å². The highest BCUT2D eigenvalue weighted by Gasteiger charge is 2.67. The molecular weight excluding hydrogens is 374 g/mol. The highest BCUT2D eigenvalue weighted by atomic mass is 16.5. The van der Waals surface area contributed by atoms with Crippen LogP contribution in [0.3, 0.4) is 0 Å². The lowest BCUT2D eigenvalue weighted by molar-refractivity contribution is -0.149. The molecule has 2 saturated carbocycles. The molecule has 3 aliphatic carbocycles. The number of fused-ring (bicyclic) bond motifs is 1. The first-order chi connectivity index (χ1) is 14.5. The van der Waals surface area contributed by atoms with Crippen molar-refractivity contribution in [2.24, 2.45) is 17.3 Å². The third-order valence-electron chi connectivity index (χ3n) is 8.86. The molecule has 0 radical (unpaired) electrons. The van der Waals surface area contributed by atoms with Crippen LogP contribution in [0.1, 0.15) is 58.3 Å². The number of hydrogen-bond acceptors (Lipinski definition) is 3. The third-order valence-corrected chi connectivity index (χ3v) is 8.86. The van der Waals surface area contributed by atoms with Gasteiger partial charge in [0.25, 0.3) is 0 Å². The van der Waals surface area contributed by atoms with Crippen LogP contribution in [-0.2, 0) is 14.3 Å². The minimum Gasteiger partial charge on any atom is -0.359 e. The molecule has 4 heteroatoms. The predicted molar refractivity (Wildman–Crippen MR) is 115 cm³/mol. The van der Waals surface area contributed by atoms with Gasteiger partial charge in [0.15, 0.2) is 0 Å². The molecule has 1 amide bonds. The number of benzene rings is 1. The minimum absolute atomic E-state index is 0.0200. The molecule has 3 fully saturated rings. The SMILES string of the molecule is C[C@]12CC=C3C=C4CCC(=O)CC45CC[C@]3(O5)[C@@H]1CCC2C(=O)Nc1ccccc1. The Morgan fingerprint density at radius 1 is 1.13 bits per heavy atom. The summed E-state index contributed by atoms with van der Waals surface area (Å²) in [5.74, 6) is 0.771. The molecule has 30 heavy (non-hydrogen) atoms. The number of rotatable bonds is 2. The first-order valence-electron chi connectivity index (χ1n) is 11.4. The number of allylic oxidation sites excluding steroid dienone is 1. The van der Waals surface area contributed by atoms with Crippen molar-refractivity contribution in [2.45, 2.75) is 69.5 Å². The van der Waals surface area contributed by atoms with Crippen molar-refractivity contribution in [3.05, 3.63) is 53.6 Å². The number of ketones is 1. The van der Waals surface area contributed by atoms with Crippen molar-refractivity contribution in [3.8, 4) is 0 Å². The molecular formula is C26H29NO3. The summed E-state index contributed by atoms with van der Waals surface area (Å²) in [5.41, 5.74) is 2.73. The molecule has 2 bridgehead atoms. The Labute approximate surface area is 177 Å². The monoisotopic (exact) mass is 403 g/mol. The Hall–Kier alpha value is -2.20. The fourth-order valence-corrected chi connectivity index (χ4v) is 7.40. The van der Waals surface area contributed by atoms with E-state index in [0.717, 1.165) is 44.2 Å². The van der Waals surface area contributed by atoms with Gasteiger partial charge in [0.05, 0.1) is 11.2 Å². The highest BCUT2D eigenvalue weighted by Crippen LogP contribution is 2.67. The fourth-order valence-electron chi connectivity index (χ4n) is 7.40. The van der Waals surface area contributed by atoms with Gasteiger partial charge in [0.1, 0.15) is 5.78 Å². The van der Waals surface area contributed by atoms with Crippen molar-refractivity contribution < 1.29 is 14.3 Å². The van der Waals surface area contributed by atoms with Crippen LogP contribution < -0.4 is 5.32 Å². The van der Waals surface area contributed by atoms with E-state index in [9.17, 15) is 9.59 Å². The number of carbonyl (C=O) groups is 2. The zero-order chi connectivity index (χ0) is 20.6. The molecule has 1 aromatic rings. The summed E-state index contributed by atoms with van der Waals surface area (Å²) in [6.07, 6.45) is 11.5. The Morgan fingerprint density at radius 3 is 2.80 bits per heavy atom. The zero-order valence-electron chi connectivity index (χ0n) is 17.6. The molecule has 1 aromatic carbocycles. The number of amides is 1. The largest absolute Gasteiger partial charge is 0.359 e. The van der Waals surface area contributed by atoms with Crippen LogP contribution in [0.15, 0.2) is 53.6 Å². The van der Waals surface area contributed by atoms with E-state index in [4.69, 9.17) is 4.74 Å². The van der Waals surface area contributed by atoms with Crippen molar-refractivity contribution in [3.63, 3.8) is 0 Å². The van der Waals surface area contributed by atoms with Crippen LogP contribution in [0, 0.1) is 17.3 Å². The summed E-state index contributed by atoms with van der Waals surface area (Å²) in [7, 11) is 0. The topological polar surface area (TPSA) is 55.4 Å². The maximum absolute atomic E-state index is 13.3. The van der Waals surface area contributed by atoms with Crippen LogP contribution in [-0.4, -0.2) is 22.9 Å². The average molecular weight is 404 g/mol. The number of ether oxygens (including phenoxy) is 1. The van der Waals surface area contributed by atoms with Gasteiger partial charge in [-0.25, -0.2) is 0 Å². The molecule has 5 atom stereocenters. The molecule has 1 saturated heterocycles. The number of Topliss-reactive ketones (excluding diaryl/α,β-unsaturated/α-hetero) is 1. The summed E-state index contributed by atoms with van der Waals surface area (Å²) < 4.78 is 6.99. The fraction of sp³-hybridized carbons (Fsp3) is 0.538. The van der Waals surface area contributed by atoms with Crippen LogP contribution in [0.2, 0.25) is 0 Å². The molecule has 5 aliphatic rings. The van der Waals surface area contributed by atoms with E-state index in [0.29, 0.717) is 24.5 Å². The highest BCUT2D eigenvalue weighted by molar-refractivity contribution is 5.93. The van der Waals surface area contributed by atoms with Crippen molar-refractivity contribution in [1.82, 2.24) is 0 Å². The molecule has 4 nitrogen and oxygen atoms in total. The van der Waals surface area contributed by atoms with Gasteiger partial charge in [-0.2, -0.15) is 0 Å². The van der Waals surface area contributed by atoms with Crippen molar-refractivity contribution in [1.29, 1.82) is 0 Å². The van der Waals surface area contributed by atoms with Crippen molar-refractivity contribution in [2.75, 3.05) is 5.32 Å². The van der Waals surface area contributed by atoms with Crippen LogP contribution >= 0.6 is 0 Å². The molecule has 2 unspecified atom stereocenters. The van der Waals surface area contributed by atoms with E-state index < -0.39 is 0 Å². The number of nitrogens with one attached hydrogen (secondary N) is 1. The van der Waals surface area contributed by atoms with Gasteiger partial charge < -0.3 is 10.1 Å². The van der Waals surface area contributed by atoms with Gasteiger partial charge >= 0.3 is 0 Å². The van der Waals surface area contributed by atoms with Crippen molar-refractivity contribution >= 4 is 17.4 Å². The Morgan fingerprint density at radius 2 is 1.97 bits per heavy atom. The van der Waals surface area contributed by atoms with E-state index in [2.05, 4.69) is 24.4 Å². The van der Waals surface area contributed by atoms with Gasteiger partial charge in [0, 0.05) is 24.4 Å². The number of anilines is 1. The summed E-state index contributed by atoms with van der Waals surface area (Å²) in [5, 5.41) is 3.15. The summed E-state index contributed by atoms with van der Waals surface area (Å²) >= 11 is 0. The first kappa shape index (κ1) is 18.6. The second-order valence-corrected chi connectivity index (χ2v) is 10.3. The molecule has 156 valence electrons.